The molecule has 1 rings (SSSR count). The third-order valence-electron chi connectivity index (χ3n) is 3.12. The van der Waals surface area contributed by atoms with Gasteiger partial charge in [0.25, 0.3) is 0 Å². The van der Waals surface area contributed by atoms with Crippen LogP contribution in [0, 0.1) is 5.82 Å². The Hall–Kier alpha value is -2.11. The molecule has 0 fully saturated rings. The molecule has 0 heterocycles. The first-order valence-corrected chi connectivity index (χ1v) is 7.43. The molecular weight excluding hydrogens is 285 g/mol. The van der Waals surface area contributed by atoms with Crippen molar-refractivity contribution in [3.05, 3.63) is 35.6 Å². The Kier molecular flexibility index (Phi) is 7.36. The molecule has 0 aromatic heterocycles. The summed E-state index contributed by atoms with van der Waals surface area (Å²) in [6.07, 6.45) is 0.651. The molecule has 0 saturated carbocycles. The van der Waals surface area contributed by atoms with Gasteiger partial charge in [0.05, 0.1) is 0 Å². The predicted molar refractivity (Wildman–Crippen MR) is 84.0 cm³/mol. The van der Waals surface area contributed by atoms with E-state index in [4.69, 9.17) is 0 Å². The van der Waals surface area contributed by atoms with Crippen molar-refractivity contribution in [1.82, 2.24) is 15.5 Å². The summed E-state index contributed by atoms with van der Waals surface area (Å²) in [4.78, 5) is 24.7. The van der Waals surface area contributed by atoms with Crippen LogP contribution in [-0.2, 0) is 11.2 Å². The number of urea groups is 1. The Morgan fingerprint density at radius 2 is 1.82 bits per heavy atom. The minimum atomic E-state index is -0.271. The zero-order valence-corrected chi connectivity index (χ0v) is 13.4. The molecule has 0 bridgehead atoms. The van der Waals surface area contributed by atoms with E-state index in [-0.39, 0.29) is 23.8 Å². The molecule has 0 atom stereocenters. The van der Waals surface area contributed by atoms with Crippen LogP contribution in [0.25, 0.3) is 0 Å². The molecule has 1 aromatic rings. The van der Waals surface area contributed by atoms with Gasteiger partial charge in [0.2, 0.25) is 5.91 Å². The molecule has 1 aromatic carbocycles. The average molecular weight is 309 g/mol. The van der Waals surface area contributed by atoms with Gasteiger partial charge in [-0.05, 0) is 38.0 Å². The van der Waals surface area contributed by atoms with Crippen LogP contribution in [0.4, 0.5) is 9.18 Å². The van der Waals surface area contributed by atoms with Crippen LogP contribution in [0.5, 0.6) is 0 Å². The summed E-state index contributed by atoms with van der Waals surface area (Å²) in [5.74, 6) is -0.319. The van der Waals surface area contributed by atoms with Crippen molar-refractivity contribution in [1.29, 1.82) is 0 Å². The van der Waals surface area contributed by atoms with E-state index in [0.29, 0.717) is 26.1 Å². The van der Waals surface area contributed by atoms with Gasteiger partial charge in [0.15, 0.2) is 0 Å². The first-order valence-electron chi connectivity index (χ1n) is 7.43. The Bertz CT molecular complexity index is 489. The highest BCUT2D eigenvalue weighted by Gasteiger charge is 2.09. The highest BCUT2D eigenvalue weighted by Crippen LogP contribution is 2.04. The van der Waals surface area contributed by atoms with Gasteiger partial charge in [-0.2, -0.15) is 0 Å². The zero-order chi connectivity index (χ0) is 16.5. The number of nitrogens with zero attached hydrogens (tertiary/aromatic N) is 1. The summed E-state index contributed by atoms with van der Waals surface area (Å²) in [6, 6.07) is 6.07. The average Bonchev–Trinajstić information content (AvgIpc) is 2.43. The second-order valence-electron chi connectivity index (χ2n) is 5.44. The van der Waals surface area contributed by atoms with E-state index in [1.54, 1.807) is 17.0 Å². The predicted octanol–water partition coefficient (Wildman–Crippen LogP) is 1.92. The molecule has 0 radical (unpaired) electrons. The van der Waals surface area contributed by atoms with E-state index in [9.17, 15) is 14.0 Å². The summed E-state index contributed by atoms with van der Waals surface area (Å²) in [7, 11) is 0. The van der Waals surface area contributed by atoms with Crippen molar-refractivity contribution in [3.8, 4) is 0 Å². The van der Waals surface area contributed by atoms with Gasteiger partial charge in [-0.15, -0.1) is 0 Å². The van der Waals surface area contributed by atoms with E-state index in [1.807, 2.05) is 13.8 Å². The SMILES string of the molecule is CC(=O)N(CCNC(=O)NC(C)C)CCc1ccc(F)cc1. The number of carbonyl (C=O) groups is 2. The van der Waals surface area contributed by atoms with Crippen molar-refractivity contribution in [2.24, 2.45) is 0 Å². The fraction of sp³-hybridized carbons (Fsp3) is 0.500. The standard InChI is InChI=1S/C16H24FN3O2/c1-12(2)19-16(22)18-9-11-20(13(3)21)10-8-14-4-6-15(17)7-5-14/h4-7,12H,8-11H2,1-3H3,(H2,18,19,22). The monoisotopic (exact) mass is 309 g/mol. The molecule has 0 spiro atoms. The quantitative estimate of drug-likeness (QED) is 0.808. The molecule has 5 nitrogen and oxygen atoms in total. The van der Waals surface area contributed by atoms with E-state index in [0.717, 1.165) is 5.56 Å². The molecule has 0 aliphatic heterocycles. The summed E-state index contributed by atoms with van der Waals surface area (Å²) in [5, 5.41) is 5.43. The summed E-state index contributed by atoms with van der Waals surface area (Å²) < 4.78 is 12.8. The molecule has 0 unspecified atom stereocenters. The third-order valence-corrected chi connectivity index (χ3v) is 3.12. The van der Waals surface area contributed by atoms with Gasteiger partial charge in [0, 0.05) is 32.6 Å². The van der Waals surface area contributed by atoms with Crippen LogP contribution >= 0.6 is 0 Å². The van der Waals surface area contributed by atoms with Crippen LogP contribution in [0.3, 0.4) is 0 Å². The van der Waals surface area contributed by atoms with E-state index >= 15 is 0 Å². The first kappa shape index (κ1) is 17.9. The van der Waals surface area contributed by atoms with Crippen LogP contribution in [0.15, 0.2) is 24.3 Å². The molecule has 6 heteroatoms. The van der Waals surface area contributed by atoms with Gasteiger partial charge in [-0.25, -0.2) is 9.18 Å². The number of nitrogens with one attached hydrogen (secondary N) is 2. The van der Waals surface area contributed by atoms with Gasteiger partial charge in [0.1, 0.15) is 5.82 Å². The zero-order valence-electron chi connectivity index (χ0n) is 13.4. The Balaban J connectivity index is 2.37. The van der Waals surface area contributed by atoms with Gasteiger partial charge in [-0.3, -0.25) is 4.79 Å². The molecule has 3 amide bonds. The van der Waals surface area contributed by atoms with Crippen LogP contribution in [-0.4, -0.2) is 42.5 Å². The van der Waals surface area contributed by atoms with Crippen LogP contribution < -0.4 is 10.6 Å². The fourth-order valence-corrected chi connectivity index (χ4v) is 1.96. The van der Waals surface area contributed by atoms with Crippen LogP contribution in [0.1, 0.15) is 26.3 Å². The second-order valence-corrected chi connectivity index (χ2v) is 5.44. The molecule has 22 heavy (non-hydrogen) atoms. The van der Waals surface area contributed by atoms with Gasteiger partial charge in [-0.1, -0.05) is 12.1 Å². The smallest absolute Gasteiger partial charge is 0.315 e. The fourth-order valence-electron chi connectivity index (χ4n) is 1.96. The molecule has 0 aliphatic rings. The van der Waals surface area contributed by atoms with Gasteiger partial charge >= 0.3 is 6.03 Å². The second kappa shape index (κ2) is 9.02. The minimum Gasteiger partial charge on any atom is -0.341 e. The molecular formula is C16H24FN3O2. The number of halogens is 1. The summed E-state index contributed by atoms with van der Waals surface area (Å²) in [6.45, 7) is 6.63. The van der Waals surface area contributed by atoms with Gasteiger partial charge < -0.3 is 15.5 Å². The lowest BCUT2D eigenvalue weighted by Gasteiger charge is -2.21. The maximum absolute atomic E-state index is 12.8. The Morgan fingerprint density at radius 3 is 2.36 bits per heavy atom. The summed E-state index contributed by atoms with van der Waals surface area (Å²) >= 11 is 0. The molecule has 2 N–H and O–H groups in total. The van der Waals surface area contributed by atoms with Crippen molar-refractivity contribution >= 4 is 11.9 Å². The summed E-state index contributed by atoms with van der Waals surface area (Å²) in [5.41, 5.74) is 0.971. The number of benzene rings is 1. The topological polar surface area (TPSA) is 61.4 Å². The van der Waals surface area contributed by atoms with Crippen molar-refractivity contribution < 1.29 is 14.0 Å². The third kappa shape index (κ3) is 7.06. The number of hydrogen-bond acceptors (Lipinski definition) is 2. The lowest BCUT2D eigenvalue weighted by molar-refractivity contribution is -0.128. The highest BCUT2D eigenvalue weighted by atomic mass is 19.1. The first-order chi connectivity index (χ1) is 10.4. The van der Waals surface area contributed by atoms with E-state index < -0.39 is 0 Å². The molecule has 0 aliphatic carbocycles. The number of carbonyl (C=O) groups excluding carboxylic acids is 2. The largest absolute Gasteiger partial charge is 0.341 e. The number of rotatable bonds is 7. The van der Waals surface area contributed by atoms with Crippen molar-refractivity contribution in [3.63, 3.8) is 0 Å². The molecule has 0 saturated heterocycles. The Labute approximate surface area is 130 Å². The van der Waals surface area contributed by atoms with Crippen molar-refractivity contribution in [2.45, 2.75) is 33.2 Å². The maximum atomic E-state index is 12.8. The van der Waals surface area contributed by atoms with E-state index in [1.165, 1.54) is 19.1 Å². The van der Waals surface area contributed by atoms with E-state index in [2.05, 4.69) is 10.6 Å². The van der Waals surface area contributed by atoms with Crippen LogP contribution in [0.2, 0.25) is 0 Å². The molecule has 122 valence electrons. The lowest BCUT2D eigenvalue weighted by atomic mass is 10.1. The van der Waals surface area contributed by atoms with Crippen molar-refractivity contribution in [2.75, 3.05) is 19.6 Å². The Morgan fingerprint density at radius 1 is 1.18 bits per heavy atom. The number of hydrogen-bond donors (Lipinski definition) is 2. The minimum absolute atomic E-state index is 0.0480. The lowest BCUT2D eigenvalue weighted by Crippen LogP contribution is -2.44. The highest BCUT2D eigenvalue weighted by molar-refractivity contribution is 5.75. The maximum Gasteiger partial charge on any atom is 0.315 e. The number of amides is 3. The normalized spacial score (nSPS) is 10.4.